The number of hydrogen-bond acceptors (Lipinski definition) is 6. The van der Waals surface area contributed by atoms with Gasteiger partial charge in [0.25, 0.3) is 5.91 Å². The van der Waals surface area contributed by atoms with Crippen LogP contribution in [0.3, 0.4) is 0 Å². The molecule has 8 N–H and O–H groups in total. The van der Waals surface area contributed by atoms with Gasteiger partial charge in [0, 0.05) is 31.4 Å². The molecule has 1 heterocycles. The Morgan fingerprint density at radius 2 is 1.76 bits per heavy atom. The van der Waals surface area contributed by atoms with Crippen molar-refractivity contribution >= 4 is 46.9 Å². The third-order valence-corrected chi connectivity index (χ3v) is 6.09. The molecule has 0 bridgehead atoms. The number of anilines is 2. The van der Waals surface area contributed by atoms with Crippen molar-refractivity contribution in [3.63, 3.8) is 0 Å². The van der Waals surface area contributed by atoms with E-state index in [1.807, 2.05) is 4.90 Å². The van der Waals surface area contributed by atoms with Crippen molar-refractivity contribution in [1.82, 2.24) is 15.5 Å². The monoisotopic (exact) mass is 555 g/mol. The number of likely N-dealkylation sites (tertiary alicyclic amines) is 1. The number of nitrogens with two attached hydrogens (primary N) is 3. The summed E-state index contributed by atoms with van der Waals surface area (Å²) in [7, 11) is 0. The summed E-state index contributed by atoms with van der Waals surface area (Å²) < 4.78 is 38.8. The summed E-state index contributed by atoms with van der Waals surface area (Å²) in [6.45, 7) is 0.994. The second kappa shape index (κ2) is 11.6. The van der Waals surface area contributed by atoms with Crippen LogP contribution in [-0.4, -0.2) is 54.5 Å². The van der Waals surface area contributed by atoms with Crippen LogP contribution in [0.5, 0.6) is 0 Å². The third kappa shape index (κ3) is 7.04. The summed E-state index contributed by atoms with van der Waals surface area (Å²) in [6.07, 6.45) is -4.06. The number of nitrogens with zero attached hydrogens (tertiary/aromatic N) is 2. The maximum absolute atomic E-state index is 12.9. The zero-order chi connectivity index (χ0) is 28.2. The molecule has 3 rings (SSSR count). The quantitative estimate of drug-likeness (QED) is 0.326. The Labute approximate surface area is 220 Å². The highest BCUT2D eigenvalue weighted by Gasteiger charge is 2.32. The van der Waals surface area contributed by atoms with Crippen molar-refractivity contribution in [1.29, 1.82) is 0 Å². The number of benzene rings is 2. The maximum atomic E-state index is 12.9. The highest BCUT2D eigenvalue weighted by Crippen LogP contribution is 2.31. The van der Waals surface area contributed by atoms with Crippen LogP contribution in [0.25, 0.3) is 0 Å². The first-order valence-corrected chi connectivity index (χ1v) is 11.6. The number of nitrogens with one attached hydrogen (secondary N) is 2. The van der Waals surface area contributed by atoms with Gasteiger partial charge in [0.05, 0.1) is 28.4 Å². The Bertz CT molecular complexity index is 1240. The van der Waals surface area contributed by atoms with E-state index in [1.165, 1.54) is 12.1 Å². The molecule has 1 aliphatic heterocycles. The van der Waals surface area contributed by atoms with Gasteiger partial charge in [-0.1, -0.05) is 17.7 Å². The summed E-state index contributed by atoms with van der Waals surface area (Å²) in [6, 6.07) is 4.68. The van der Waals surface area contributed by atoms with Crippen molar-refractivity contribution in [2.75, 3.05) is 30.3 Å². The van der Waals surface area contributed by atoms with E-state index in [4.69, 9.17) is 28.8 Å². The van der Waals surface area contributed by atoms with Gasteiger partial charge in [-0.05, 0) is 42.3 Å². The van der Waals surface area contributed by atoms with E-state index in [-0.39, 0.29) is 28.0 Å². The first-order valence-electron chi connectivity index (χ1n) is 11.2. The minimum atomic E-state index is -4.65. The summed E-state index contributed by atoms with van der Waals surface area (Å²) in [5.41, 5.74) is 15.3. The van der Waals surface area contributed by atoms with Crippen LogP contribution in [0.4, 0.5) is 34.1 Å². The van der Waals surface area contributed by atoms with Gasteiger partial charge in [0.2, 0.25) is 5.91 Å². The van der Waals surface area contributed by atoms with Crippen LogP contribution in [0.2, 0.25) is 5.02 Å². The van der Waals surface area contributed by atoms with E-state index < -0.39 is 42.2 Å². The fourth-order valence-corrected chi connectivity index (χ4v) is 4.19. The number of nitrogen functional groups attached to an aromatic ring is 1. The van der Waals surface area contributed by atoms with Gasteiger partial charge in [-0.3, -0.25) is 14.5 Å². The number of imide groups is 1. The molecular weight excluding hydrogens is 531 g/mol. The van der Waals surface area contributed by atoms with Crippen LogP contribution in [0.1, 0.15) is 27.9 Å². The third-order valence-electron chi connectivity index (χ3n) is 5.77. The Hall–Kier alpha value is -4.04. The van der Waals surface area contributed by atoms with Crippen LogP contribution in [0, 0.1) is 0 Å². The zero-order valence-corrected chi connectivity index (χ0v) is 20.6. The molecule has 0 saturated carbocycles. The van der Waals surface area contributed by atoms with Gasteiger partial charge in [-0.2, -0.15) is 13.2 Å². The summed E-state index contributed by atoms with van der Waals surface area (Å²) >= 11 is 6.10. The Morgan fingerprint density at radius 1 is 1.08 bits per heavy atom. The Kier molecular flexibility index (Phi) is 8.68. The molecule has 15 heteroatoms. The zero-order valence-electron chi connectivity index (χ0n) is 19.8. The predicted molar refractivity (Wildman–Crippen MR) is 133 cm³/mol. The second-order valence-corrected chi connectivity index (χ2v) is 8.98. The highest BCUT2D eigenvalue weighted by atomic mass is 35.5. The molecule has 204 valence electrons. The van der Waals surface area contributed by atoms with E-state index >= 15 is 0 Å². The molecule has 0 radical (unpaired) electrons. The molecule has 1 aliphatic rings. The summed E-state index contributed by atoms with van der Waals surface area (Å²) in [5, 5.41) is 5.14. The lowest BCUT2D eigenvalue weighted by Crippen LogP contribution is -2.44. The lowest BCUT2D eigenvalue weighted by atomic mass is 10.1. The SMILES string of the molecule is NC(=O)N(C(N)=O)c1cc(CN2CC[C@@H](NC(=O)CNC(=O)c3cc(C(F)(F)F)ccc3N)C2)ccc1Cl. The molecule has 2 aromatic carbocycles. The molecule has 38 heavy (non-hydrogen) atoms. The van der Waals surface area contributed by atoms with Gasteiger partial charge < -0.3 is 27.8 Å². The minimum absolute atomic E-state index is 0.0466. The molecule has 0 aliphatic carbocycles. The maximum Gasteiger partial charge on any atom is 0.416 e. The average molecular weight is 556 g/mol. The van der Waals surface area contributed by atoms with E-state index in [0.717, 1.165) is 12.1 Å². The number of hydrogen-bond donors (Lipinski definition) is 5. The topological polar surface area (TPSA) is 177 Å². The van der Waals surface area contributed by atoms with Gasteiger partial charge in [0.1, 0.15) is 0 Å². The fraction of sp³-hybridized carbons (Fsp3) is 0.304. The number of alkyl halides is 3. The smallest absolute Gasteiger partial charge is 0.398 e. The molecule has 0 aromatic heterocycles. The summed E-state index contributed by atoms with van der Waals surface area (Å²) in [5.74, 6) is -1.43. The number of primary amides is 2. The first-order chi connectivity index (χ1) is 17.8. The number of carbonyl (C=O) groups is 4. The van der Waals surface area contributed by atoms with Gasteiger partial charge >= 0.3 is 18.2 Å². The molecule has 2 aromatic rings. The van der Waals surface area contributed by atoms with Crippen molar-refractivity contribution in [2.24, 2.45) is 11.5 Å². The second-order valence-electron chi connectivity index (χ2n) is 8.57. The normalized spacial score (nSPS) is 15.6. The van der Waals surface area contributed by atoms with Crippen molar-refractivity contribution in [3.05, 3.63) is 58.1 Å². The highest BCUT2D eigenvalue weighted by molar-refractivity contribution is 6.35. The summed E-state index contributed by atoms with van der Waals surface area (Å²) in [4.78, 5) is 50.4. The standard InChI is InChI=1S/C23H25ClF3N7O4/c24-16-3-1-12(7-18(16)34(21(29)37)22(30)38)10-33-6-5-14(11-33)32-19(35)9-31-20(36)15-8-13(23(25,26)27)2-4-17(15)28/h1-4,7-8,14H,5-6,9-11,28H2,(H2,29,37)(H2,30,38)(H,31,36)(H,32,35)/t14-/m1/s1. The molecule has 11 nitrogen and oxygen atoms in total. The number of amides is 6. The molecule has 1 fully saturated rings. The lowest BCUT2D eigenvalue weighted by Gasteiger charge is -2.20. The van der Waals surface area contributed by atoms with Crippen molar-refractivity contribution in [3.8, 4) is 0 Å². The molecule has 6 amide bonds. The Balaban J connectivity index is 1.54. The van der Waals surface area contributed by atoms with Gasteiger partial charge in [0.15, 0.2) is 0 Å². The number of halogens is 4. The largest absolute Gasteiger partial charge is 0.416 e. The Morgan fingerprint density at radius 3 is 2.39 bits per heavy atom. The van der Waals surface area contributed by atoms with Crippen molar-refractivity contribution < 1.29 is 32.3 Å². The number of rotatable bonds is 7. The molecule has 1 saturated heterocycles. The minimum Gasteiger partial charge on any atom is -0.398 e. The molecule has 0 spiro atoms. The first kappa shape index (κ1) is 28.5. The fourth-order valence-electron chi connectivity index (χ4n) is 3.99. The number of urea groups is 2. The molecular formula is C23H25ClF3N7O4. The molecule has 1 atom stereocenters. The van der Waals surface area contributed by atoms with Crippen LogP contribution in [0.15, 0.2) is 36.4 Å². The molecule has 0 unspecified atom stereocenters. The van der Waals surface area contributed by atoms with Crippen LogP contribution >= 0.6 is 11.6 Å². The van der Waals surface area contributed by atoms with Crippen LogP contribution in [-0.2, 0) is 17.5 Å². The van der Waals surface area contributed by atoms with Gasteiger partial charge in [-0.15, -0.1) is 0 Å². The van der Waals surface area contributed by atoms with E-state index in [1.54, 1.807) is 6.07 Å². The van der Waals surface area contributed by atoms with Gasteiger partial charge in [-0.25, -0.2) is 14.5 Å². The van der Waals surface area contributed by atoms with E-state index in [9.17, 15) is 32.3 Å². The van der Waals surface area contributed by atoms with E-state index in [0.29, 0.717) is 42.6 Å². The predicted octanol–water partition coefficient (Wildman–Crippen LogP) is 2.03. The lowest BCUT2D eigenvalue weighted by molar-refractivity contribution is -0.137. The average Bonchev–Trinajstić information content (AvgIpc) is 3.25. The van der Waals surface area contributed by atoms with Crippen LogP contribution < -0.4 is 32.7 Å². The van der Waals surface area contributed by atoms with E-state index in [2.05, 4.69) is 10.6 Å². The van der Waals surface area contributed by atoms with Crippen molar-refractivity contribution in [2.45, 2.75) is 25.2 Å². The number of carbonyl (C=O) groups excluding carboxylic acids is 4.